The van der Waals surface area contributed by atoms with Gasteiger partial charge in [0.15, 0.2) is 19.8 Å². The maximum absolute atomic E-state index is 14.5. The molecule has 0 saturated heterocycles. The van der Waals surface area contributed by atoms with E-state index in [9.17, 15) is 18.5 Å². The van der Waals surface area contributed by atoms with Gasteiger partial charge in [0, 0.05) is 43.4 Å². The normalized spacial score (nSPS) is 18.5. The van der Waals surface area contributed by atoms with Gasteiger partial charge < -0.3 is 25.0 Å². The largest absolute Gasteiger partial charge is 0.481 e. The van der Waals surface area contributed by atoms with E-state index in [1.54, 1.807) is 0 Å². The van der Waals surface area contributed by atoms with E-state index in [2.05, 4.69) is 29.1 Å². The van der Waals surface area contributed by atoms with Crippen molar-refractivity contribution in [3.8, 4) is 18.1 Å². The summed E-state index contributed by atoms with van der Waals surface area (Å²) in [5.74, 6) is 1.78. The van der Waals surface area contributed by atoms with Crippen molar-refractivity contribution in [2.75, 3.05) is 30.9 Å². The molecular weight excluding hydrogens is 524 g/mol. The molecule has 37 heavy (non-hydrogen) atoms. The first-order valence-electron chi connectivity index (χ1n) is 11.3. The minimum atomic E-state index is -3.10. The number of nitrogens with zero attached hydrogens (tertiary/aromatic N) is 4. The molecule has 3 heterocycles. The van der Waals surface area contributed by atoms with Crippen molar-refractivity contribution in [2.24, 2.45) is 16.1 Å². The Kier molecular flexibility index (Phi) is 8.59. The minimum absolute atomic E-state index is 0.0412. The Bertz CT molecular complexity index is 1360. The van der Waals surface area contributed by atoms with Crippen LogP contribution in [0, 0.1) is 23.6 Å². The zero-order valence-electron chi connectivity index (χ0n) is 20.7. The van der Waals surface area contributed by atoms with Crippen molar-refractivity contribution in [3.05, 3.63) is 28.6 Å². The number of ether oxygens (including phenoxy) is 1. The number of rotatable bonds is 6. The van der Waals surface area contributed by atoms with Gasteiger partial charge in [-0.1, -0.05) is 19.8 Å². The van der Waals surface area contributed by atoms with Crippen LogP contribution in [-0.2, 0) is 27.1 Å². The molecule has 4 rings (SSSR count). The molecule has 2 atom stereocenters. The number of halogens is 1. The van der Waals surface area contributed by atoms with Crippen LogP contribution in [0.4, 0.5) is 15.8 Å². The first-order valence-corrected chi connectivity index (χ1v) is 14.4. The second kappa shape index (κ2) is 11.1. The summed E-state index contributed by atoms with van der Waals surface area (Å²) in [4.78, 5) is 37.4. The molecule has 14 heteroatoms. The van der Waals surface area contributed by atoms with Crippen LogP contribution in [0.3, 0.4) is 0 Å². The number of aliphatic carboxylic acids is 1. The first kappa shape index (κ1) is 28.5. The first-order chi connectivity index (χ1) is 17.2. The van der Waals surface area contributed by atoms with E-state index in [4.69, 9.17) is 26.9 Å². The standard InChI is InChI=1S/C18H17FN4O2S.C5H12NO4P/c1-4-5-22-13-7-12(11(19)6-14(13)25-9-16(22)24)20-17-23-10-18(2,3)8-15(23)21-26-17;1-11(9,10)3-2-4(6)5(7)8/h1,6-7H,5,8-10H2,2-3H3;4H,2-3,6H2,1H3,(H,7,8)(H,9,10)/b20-17-;. The van der Waals surface area contributed by atoms with E-state index in [1.807, 2.05) is 4.57 Å². The third-order valence-electron chi connectivity index (χ3n) is 5.61. The summed E-state index contributed by atoms with van der Waals surface area (Å²) in [5, 5.41) is 8.28. The number of hydrogen-bond donors (Lipinski definition) is 3. The lowest BCUT2D eigenvalue weighted by molar-refractivity contribution is -0.138. The fraction of sp³-hybridized carbons (Fsp3) is 0.478. The number of hydrogen-bond acceptors (Lipinski definition) is 8. The van der Waals surface area contributed by atoms with E-state index in [-0.39, 0.29) is 42.7 Å². The summed E-state index contributed by atoms with van der Waals surface area (Å²) in [7, 11) is -3.10. The maximum Gasteiger partial charge on any atom is 0.320 e. The van der Waals surface area contributed by atoms with Crippen LogP contribution in [0.15, 0.2) is 17.1 Å². The SMILES string of the molecule is C#CCN1C(=O)COc2cc(F)c(/N=c3\snc4n3CC(C)(C)C4)cc21.CP(=O)(O)CCC(N)C(=O)O. The highest BCUT2D eigenvalue weighted by atomic mass is 32.1. The van der Waals surface area contributed by atoms with Crippen LogP contribution in [0.2, 0.25) is 0 Å². The molecule has 4 N–H and O–H groups in total. The summed E-state index contributed by atoms with van der Waals surface area (Å²) in [6.07, 6.45) is 6.22. The summed E-state index contributed by atoms with van der Waals surface area (Å²) in [6.45, 7) is 6.24. The van der Waals surface area contributed by atoms with Crippen molar-refractivity contribution in [1.29, 1.82) is 0 Å². The fourth-order valence-corrected chi connectivity index (χ4v) is 5.26. The van der Waals surface area contributed by atoms with Gasteiger partial charge in [0.25, 0.3) is 5.91 Å². The molecule has 2 aromatic rings. The van der Waals surface area contributed by atoms with Gasteiger partial charge in [-0.25, -0.2) is 9.38 Å². The molecule has 11 nitrogen and oxygen atoms in total. The topological polar surface area (TPSA) is 160 Å². The molecule has 0 fully saturated rings. The van der Waals surface area contributed by atoms with Crippen LogP contribution < -0.4 is 20.2 Å². The van der Waals surface area contributed by atoms with Crippen LogP contribution in [0.1, 0.15) is 26.1 Å². The Balaban J connectivity index is 0.000000295. The predicted molar refractivity (Wildman–Crippen MR) is 137 cm³/mol. The van der Waals surface area contributed by atoms with Gasteiger partial charge in [0.2, 0.25) is 4.80 Å². The highest BCUT2D eigenvalue weighted by Crippen LogP contribution is 2.38. The number of carboxylic acids is 1. The quantitative estimate of drug-likeness (QED) is 0.361. The van der Waals surface area contributed by atoms with E-state index < -0.39 is 25.2 Å². The molecule has 0 aliphatic carbocycles. The molecule has 0 bridgehead atoms. The number of anilines is 1. The van der Waals surface area contributed by atoms with Crippen molar-refractivity contribution < 1.29 is 33.3 Å². The number of benzene rings is 1. The van der Waals surface area contributed by atoms with Crippen LogP contribution in [0.25, 0.3) is 0 Å². The van der Waals surface area contributed by atoms with Crippen LogP contribution >= 0.6 is 18.9 Å². The Hall–Kier alpha value is -3.04. The molecule has 0 saturated carbocycles. The average Bonchev–Trinajstić information content (AvgIpc) is 3.30. The van der Waals surface area contributed by atoms with Crippen molar-refractivity contribution in [1.82, 2.24) is 8.94 Å². The fourth-order valence-electron chi connectivity index (χ4n) is 3.75. The van der Waals surface area contributed by atoms with Gasteiger partial charge in [0.05, 0.1) is 12.2 Å². The number of amides is 1. The molecule has 2 unspecified atom stereocenters. The van der Waals surface area contributed by atoms with Crippen molar-refractivity contribution in [3.63, 3.8) is 0 Å². The number of terminal acetylenes is 1. The Morgan fingerprint density at radius 1 is 1.49 bits per heavy atom. The molecule has 2 aliphatic rings. The highest BCUT2D eigenvalue weighted by molar-refractivity contribution is 7.57. The maximum atomic E-state index is 14.5. The van der Waals surface area contributed by atoms with Crippen molar-refractivity contribution in [2.45, 2.75) is 39.3 Å². The number of carbonyl (C=O) groups excluding carboxylic acids is 1. The number of nitrogens with two attached hydrogens (primary N) is 1. The summed E-state index contributed by atoms with van der Waals surface area (Å²) in [6, 6.07) is 1.72. The van der Waals surface area contributed by atoms with Gasteiger partial charge in [-0.05, 0) is 17.9 Å². The summed E-state index contributed by atoms with van der Waals surface area (Å²) < 4.78 is 37.0. The lowest BCUT2D eigenvalue weighted by atomic mass is 9.92. The van der Waals surface area contributed by atoms with E-state index in [1.165, 1.54) is 35.2 Å². The van der Waals surface area contributed by atoms with Gasteiger partial charge in [-0.3, -0.25) is 19.1 Å². The molecule has 1 amide bonds. The number of carbonyl (C=O) groups is 2. The van der Waals surface area contributed by atoms with Gasteiger partial charge in [-0.2, -0.15) is 4.37 Å². The lowest BCUT2D eigenvalue weighted by Crippen LogP contribution is -2.39. The predicted octanol–water partition coefficient (Wildman–Crippen LogP) is 1.95. The Morgan fingerprint density at radius 3 is 2.81 bits per heavy atom. The van der Waals surface area contributed by atoms with Gasteiger partial charge in [-0.15, -0.1) is 6.42 Å². The van der Waals surface area contributed by atoms with E-state index in [0.29, 0.717) is 16.2 Å². The second-order valence-electron chi connectivity index (χ2n) is 9.67. The Labute approximate surface area is 217 Å². The molecular formula is C23H29FN5O6PS. The van der Waals surface area contributed by atoms with Crippen LogP contribution in [0.5, 0.6) is 5.75 Å². The minimum Gasteiger partial charge on any atom is -0.481 e. The summed E-state index contributed by atoms with van der Waals surface area (Å²) >= 11 is 1.24. The number of fused-ring (bicyclic) bond motifs is 2. The molecule has 0 spiro atoms. The van der Waals surface area contributed by atoms with E-state index in [0.717, 1.165) is 18.8 Å². The zero-order chi connectivity index (χ0) is 27.5. The lowest BCUT2D eigenvalue weighted by Gasteiger charge is -2.28. The second-order valence-corrected chi connectivity index (χ2v) is 13.0. The molecule has 0 radical (unpaired) electrons. The summed E-state index contributed by atoms with van der Waals surface area (Å²) in [5.41, 5.74) is 5.77. The molecule has 1 aromatic heterocycles. The monoisotopic (exact) mass is 553 g/mol. The highest BCUT2D eigenvalue weighted by Gasteiger charge is 2.31. The average molecular weight is 554 g/mol. The molecule has 1 aromatic carbocycles. The molecule has 2 aliphatic heterocycles. The van der Waals surface area contributed by atoms with Gasteiger partial charge >= 0.3 is 5.97 Å². The molecule has 200 valence electrons. The van der Waals surface area contributed by atoms with Crippen molar-refractivity contribution >= 4 is 42.2 Å². The third kappa shape index (κ3) is 7.26. The van der Waals surface area contributed by atoms with Gasteiger partial charge in [0.1, 0.15) is 23.3 Å². The smallest absolute Gasteiger partial charge is 0.320 e. The zero-order valence-corrected chi connectivity index (χ0v) is 22.4. The third-order valence-corrected chi connectivity index (χ3v) is 7.47. The number of carboxylic acid groups (broad SMARTS) is 1. The van der Waals surface area contributed by atoms with Crippen LogP contribution in [-0.4, -0.2) is 62.8 Å². The Morgan fingerprint density at radius 2 is 2.19 bits per heavy atom. The van der Waals surface area contributed by atoms with E-state index >= 15 is 0 Å². The number of aromatic nitrogens is 2.